The van der Waals surface area contributed by atoms with E-state index in [9.17, 15) is 4.79 Å². The van der Waals surface area contributed by atoms with E-state index in [1.54, 1.807) is 6.92 Å². The van der Waals surface area contributed by atoms with Gasteiger partial charge in [-0.3, -0.25) is 4.79 Å². The standard InChI is InChI=1S/C17H14N3OP/c1-2-3-16(21)20-14-9-11(4-5-15(14)22)13-8-12-6-7-18-17(12)19-10-13/h4-10H,22H2,1H3,(H,18,19)(H,20,21). The lowest BCUT2D eigenvalue weighted by molar-refractivity contribution is -0.111. The van der Waals surface area contributed by atoms with Crippen LogP contribution in [0.3, 0.4) is 0 Å². The fraction of sp³-hybridized carbons (Fsp3) is 0.0588. The van der Waals surface area contributed by atoms with Gasteiger partial charge in [-0.05, 0) is 41.9 Å². The molecule has 0 saturated carbocycles. The van der Waals surface area contributed by atoms with Gasteiger partial charge in [0.25, 0.3) is 5.91 Å². The number of fused-ring (bicyclic) bond motifs is 1. The summed E-state index contributed by atoms with van der Waals surface area (Å²) in [6, 6.07) is 9.91. The van der Waals surface area contributed by atoms with Crippen molar-refractivity contribution < 1.29 is 4.79 Å². The van der Waals surface area contributed by atoms with Gasteiger partial charge in [-0.25, -0.2) is 4.98 Å². The average Bonchev–Trinajstić information content (AvgIpc) is 2.97. The first-order valence-electron chi connectivity index (χ1n) is 6.74. The quantitative estimate of drug-likeness (QED) is 0.565. The van der Waals surface area contributed by atoms with Gasteiger partial charge >= 0.3 is 0 Å². The third kappa shape index (κ3) is 2.86. The maximum Gasteiger partial charge on any atom is 0.300 e. The van der Waals surface area contributed by atoms with Crippen LogP contribution in [-0.4, -0.2) is 15.9 Å². The second-order valence-electron chi connectivity index (χ2n) is 4.77. The molecule has 0 saturated heterocycles. The van der Waals surface area contributed by atoms with Crippen LogP contribution in [0.15, 0.2) is 42.7 Å². The van der Waals surface area contributed by atoms with Crippen molar-refractivity contribution in [3.8, 4) is 23.0 Å². The lowest BCUT2D eigenvalue weighted by Gasteiger charge is -2.09. The Morgan fingerprint density at radius 2 is 2.14 bits per heavy atom. The van der Waals surface area contributed by atoms with Gasteiger partial charge in [-0.1, -0.05) is 18.1 Å². The average molecular weight is 307 g/mol. The summed E-state index contributed by atoms with van der Waals surface area (Å²) in [4.78, 5) is 19.1. The number of H-pyrrole nitrogens is 1. The number of hydrogen-bond donors (Lipinski definition) is 2. The normalized spacial score (nSPS) is 10.1. The molecule has 2 heterocycles. The van der Waals surface area contributed by atoms with Crippen LogP contribution in [0.1, 0.15) is 6.92 Å². The van der Waals surface area contributed by atoms with Crippen molar-refractivity contribution in [2.24, 2.45) is 0 Å². The van der Waals surface area contributed by atoms with E-state index >= 15 is 0 Å². The van der Waals surface area contributed by atoms with Crippen molar-refractivity contribution in [3.05, 3.63) is 42.7 Å². The molecule has 0 aliphatic heterocycles. The molecule has 3 rings (SSSR count). The van der Waals surface area contributed by atoms with E-state index in [4.69, 9.17) is 0 Å². The number of amides is 1. The van der Waals surface area contributed by atoms with Crippen LogP contribution in [0.5, 0.6) is 0 Å². The molecule has 0 spiro atoms. The van der Waals surface area contributed by atoms with Crippen molar-refractivity contribution in [1.82, 2.24) is 9.97 Å². The summed E-state index contributed by atoms with van der Waals surface area (Å²) in [5.41, 5.74) is 3.57. The van der Waals surface area contributed by atoms with Crippen molar-refractivity contribution in [3.63, 3.8) is 0 Å². The number of anilines is 1. The summed E-state index contributed by atoms with van der Waals surface area (Å²) in [6.07, 6.45) is 3.68. The minimum absolute atomic E-state index is 0.317. The van der Waals surface area contributed by atoms with Gasteiger partial charge < -0.3 is 10.3 Å². The Bertz CT molecular complexity index is 918. The molecule has 3 aromatic rings. The first-order chi connectivity index (χ1) is 10.7. The molecule has 1 aromatic carbocycles. The van der Waals surface area contributed by atoms with Crippen LogP contribution in [-0.2, 0) is 4.79 Å². The van der Waals surface area contributed by atoms with Gasteiger partial charge in [0.05, 0.1) is 0 Å². The minimum atomic E-state index is -0.317. The van der Waals surface area contributed by atoms with Gasteiger partial charge in [0.2, 0.25) is 0 Å². The number of nitrogens with zero attached hydrogens (tertiary/aromatic N) is 1. The van der Waals surface area contributed by atoms with Crippen molar-refractivity contribution in [2.75, 3.05) is 5.32 Å². The van der Waals surface area contributed by atoms with E-state index in [1.165, 1.54) is 0 Å². The number of aromatic nitrogens is 2. The zero-order valence-corrected chi connectivity index (χ0v) is 13.1. The Labute approximate surface area is 130 Å². The summed E-state index contributed by atoms with van der Waals surface area (Å²) in [6.45, 7) is 1.63. The van der Waals surface area contributed by atoms with Crippen molar-refractivity contribution in [2.45, 2.75) is 6.92 Å². The summed E-state index contributed by atoms with van der Waals surface area (Å²) >= 11 is 0. The molecule has 5 heteroatoms. The Kier molecular flexibility index (Phi) is 3.91. The second kappa shape index (κ2) is 6.01. The number of nitrogens with one attached hydrogen (secondary N) is 2. The molecule has 0 aliphatic rings. The molecule has 4 nitrogen and oxygen atoms in total. The van der Waals surface area contributed by atoms with E-state index in [0.29, 0.717) is 0 Å². The Hall–Kier alpha value is -2.63. The topological polar surface area (TPSA) is 57.8 Å². The predicted molar refractivity (Wildman–Crippen MR) is 93.0 cm³/mol. The molecule has 0 aliphatic carbocycles. The molecule has 0 radical (unpaired) electrons. The molecule has 0 fully saturated rings. The number of pyridine rings is 1. The van der Waals surface area contributed by atoms with Crippen molar-refractivity contribution >= 4 is 37.2 Å². The lowest BCUT2D eigenvalue weighted by atomic mass is 10.1. The Morgan fingerprint density at radius 3 is 2.95 bits per heavy atom. The number of benzene rings is 1. The number of aromatic amines is 1. The third-order valence-electron chi connectivity index (χ3n) is 3.27. The minimum Gasteiger partial charge on any atom is -0.346 e. The molecule has 2 N–H and O–H groups in total. The maximum absolute atomic E-state index is 11.6. The molecule has 1 unspecified atom stereocenters. The van der Waals surface area contributed by atoms with Crippen molar-refractivity contribution in [1.29, 1.82) is 0 Å². The summed E-state index contributed by atoms with van der Waals surface area (Å²) in [5, 5.41) is 4.75. The molecular formula is C17H14N3OP. The van der Waals surface area contributed by atoms with Crippen LogP contribution >= 0.6 is 9.24 Å². The van der Waals surface area contributed by atoms with E-state index in [2.05, 4.69) is 42.4 Å². The lowest BCUT2D eigenvalue weighted by Crippen LogP contribution is -2.13. The molecule has 2 aromatic heterocycles. The van der Waals surface area contributed by atoms with Crippen LogP contribution in [0.4, 0.5) is 5.69 Å². The number of hydrogen-bond acceptors (Lipinski definition) is 2. The highest BCUT2D eigenvalue weighted by Gasteiger charge is 2.07. The van der Waals surface area contributed by atoms with E-state index in [1.807, 2.05) is 36.7 Å². The third-order valence-corrected chi connectivity index (χ3v) is 3.78. The summed E-state index contributed by atoms with van der Waals surface area (Å²) in [5.74, 6) is 4.75. The largest absolute Gasteiger partial charge is 0.346 e. The fourth-order valence-corrected chi connectivity index (χ4v) is 2.46. The van der Waals surface area contributed by atoms with Crippen LogP contribution in [0.2, 0.25) is 0 Å². The van der Waals surface area contributed by atoms with Gasteiger partial charge in [0.1, 0.15) is 5.65 Å². The summed E-state index contributed by atoms with van der Waals surface area (Å²) in [7, 11) is 2.61. The molecular weight excluding hydrogens is 293 g/mol. The number of carbonyl (C=O) groups is 1. The van der Waals surface area contributed by atoms with Crippen LogP contribution < -0.4 is 10.6 Å². The molecule has 22 heavy (non-hydrogen) atoms. The fourth-order valence-electron chi connectivity index (χ4n) is 2.21. The van der Waals surface area contributed by atoms with Crippen LogP contribution in [0, 0.1) is 11.8 Å². The molecule has 0 bridgehead atoms. The smallest absolute Gasteiger partial charge is 0.300 e. The monoisotopic (exact) mass is 307 g/mol. The second-order valence-corrected chi connectivity index (χ2v) is 5.39. The zero-order chi connectivity index (χ0) is 15.5. The Morgan fingerprint density at radius 1 is 1.27 bits per heavy atom. The molecule has 108 valence electrons. The maximum atomic E-state index is 11.6. The number of rotatable bonds is 2. The van der Waals surface area contributed by atoms with Gasteiger partial charge in [-0.2, -0.15) is 0 Å². The highest BCUT2D eigenvalue weighted by molar-refractivity contribution is 7.28. The molecule has 1 atom stereocenters. The predicted octanol–water partition coefficient (Wildman–Crippen LogP) is 2.69. The van der Waals surface area contributed by atoms with Gasteiger partial charge in [-0.15, -0.1) is 9.24 Å². The van der Waals surface area contributed by atoms with E-state index in [-0.39, 0.29) is 5.91 Å². The van der Waals surface area contributed by atoms with E-state index in [0.717, 1.165) is 33.2 Å². The van der Waals surface area contributed by atoms with E-state index < -0.39 is 0 Å². The van der Waals surface area contributed by atoms with Gasteiger partial charge in [0, 0.05) is 29.0 Å². The summed E-state index contributed by atoms with van der Waals surface area (Å²) < 4.78 is 0. The Balaban J connectivity index is 1.99. The molecule has 1 amide bonds. The van der Waals surface area contributed by atoms with Crippen LogP contribution in [0.25, 0.3) is 22.2 Å². The SMILES string of the molecule is CC#CC(=O)Nc1cc(-c2cnc3[nH]ccc3c2)ccc1P. The number of carbonyl (C=O) groups excluding carboxylic acids is 1. The first-order valence-corrected chi connectivity index (χ1v) is 7.32. The highest BCUT2D eigenvalue weighted by Crippen LogP contribution is 2.24. The first kappa shape index (κ1) is 14.3. The van der Waals surface area contributed by atoms with Gasteiger partial charge in [0.15, 0.2) is 0 Å². The zero-order valence-electron chi connectivity index (χ0n) is 12.0. The highest BCUT2D eigenvalue weighted by atomic mass is 31.0.